The molecule has 1 aliphatic heterocycles. The topological polar surface area (TPSA) is 41.1 Å². The fourth-order valence-electron chi connectivity index (χ4n) is 3.54. The molecule has 130 valence electrons. The van der Waals surface area contributed by atoms with Gasteiger partial charge in [0, 0.05) is 13.1 Å². The van der Waals surface area contributed by atoms with Crippen LogP contribution in [0.25, 0.3) is 11.0 Å². The fraction of sp³-hybridized carbons (Fsp3) is 0.381. The van der Waals surface area contributed by atoms with Crippen molar-refractivity contribution in [2.24, 2.45) is 0 Å². The summed E-state index contributed by atoms with van der Waals surface area (Å²) in [6.07, 6.45) is 2.26. The van der Waals surface area contributed by atoms with Crippen LogP contribution in [-0.4, -0.2) is 41.1 Å². The standard InChI is InChI=1S/C21H25N3O/c1-15-6-5-7-16(14-15)20(25-17-10-12-24(2)13-11-17)21-22-18-8-3-4-9-19(18)23-21/h3-9,14,17,20H,10-13H2,1-2H3,(H,22,23). The largest absolute Gasteiger partial charge is 0.362 e. The first-order valence-electron chi connectivity index (χ1n) is 9.04. The maximum Gasteiger partial charge on any atom is 0.141 e. The minimum Gasteiger partial charge on any atom is -0.362 e. The van der Waals surface area contributed by atoms with E-state index in [1.54, 1.807) is 0 Å². The first-order chi connectivity index (χ1) is 12.2. The molecular weight excluding hydrogens is 310 g/mol. The molecule has 3 aromatic rings. The van der Waals surface area contributed by atoms with Gasteiger partial charge in [-0.25, -0.2) is 4.98 Å². The van der Waals surface area contributed by atoms with E-state index in [-0.39, 0.29) is 12.2 Å². The number of piperidine rings is 1. The molecule has 4 rings (SSSR count). The average molecular weight is 335 g/mol. The van der Waals surface area contributed by atoms with Crippen molar-refractivity contribution in [3.63, 3.8) is 0 Å². The number of ether oxygens (including phenoxy) is 1. The zero-order valence-electron chi connectivity index (χ0n) is 14.9. The van der Waals surface area contributed by atoms with E-state index >= 15 is 0 Å². The summed E-state index contributed by atoms with van der Waals surface area (Å²) in [4.78, 5) is 10.6. The summed E-state index contributed by atoms with van der Waals surface area (Å²) < 4.78 is 6.58. The lowest BCUT2D eigenvalue weighted by Crippen LogP contribution is -2.35. The normalized spacial score (nSPS) is 17.8. The molecule has 1 atom stereocenters. The van der Waals surface area contributed by atoms with Gasteiger partial charge in [0.2, 0.25) is 0 Å². The van der Waals surface area contributed by atoms with Crippen molar-refractivity contribution < 1.29 is 4.74 Å². The number of rotatable bonds is 4. The van der Waals surface area contributed by atoms with Gasteiger partial charge in [-0.1, -0.05) is 42.0 Å². The van der Waals surface area contributed by atoms with Crippen LogP contribution in [0.2, 0.25) is 0 Å². The number of nitrogens with one attached hydrogen (secondary N) is 1. The summed E-state index contributed by atoms with van der Waals surface area (Å²) in [5.74, 6) is 0.894. The zero-order chi connectivity index (χ0) is 17.2. The molecular formula is C21H25N3O. The lowest BCUT2D eigenvalue weighted by atomic mass is 10.0. The Hall–Kier alpha value is -2.17. The number of aromatic amines is 1. The molecule has 25 heavy (non-hydrogen) atoms. The van der Waals surface area contributed by atoms with E-state index < -0.39 is 0 Å². The Labute approximate surface area is 148 Å². The smallest absolute Gasteiger partial charge is 0.141 e. The summed E-state index contributed by atoms with van der Waals surface area (Å²) in [6, 6.07) is 16.7. The van der Waals surface area contributed by atoms with Crippen LogP contribution >= 0.6 is 0 Å². The van der Waals surface area contributed by atoms with Crippen molar-refractivity contribution in [3.8, 4) is 0 Å². The molecule has 2 aromatic carbocycles. The summed E-state index contributed by atoms with van der Waals surface area (Å²) in [6.45, 7) is 4.30. The lowest BCUT2D eigenvalue weighted by Gasteiger charge is -2.31. The van der Waals surface area contributed by atoms with Gasteiger partial charge >= 0.3 is 0 Å². The Morgan fingerprint density at radius 3 is 2.68 bits per heavy atom. The highest BCUT2D eigenvalue weighted by molar-refractivity contribution is 5.74. The number of aryl methyl sites for hydroxylation is 1. The number of H-pyrrole nitrogens is 1. The first kappa shape index (κ1) is 16.3. The molecule has 0 bridgehead atoms. The summed E-state index contributed by atoms with van der Waals surface area (Å²) in [5.41, 5.74) is 4.45. The molecule has 1 aromatic heterocycles. The van der Waals surface area contributed by atoms with Gasteiger partial charge in [-0.2, -0.15) is 0 Å². The van der Waals surface area contributed by atoms with E-state index in [2.05, 4.69) is 54.2 Å². The molecule has 4 heteroatoms. The Bertz CT molecular complexity index is 816. The second-order valence-corrected chi connectivity index (χ2v) is 7.07. The van der Waals surface area contributed by atoms with Gasteiger partial charge in [0.15, 0.2) is 0 Å². The number of aromatic nitrogens is 2. The molecule has 0 radical (unpaired) electrons. The number of fused-ring (bicyclic) bond motifs is 1. The third-order valence-corrected chi connectivity index (χ3v) is 5.00. The fourth-order valence-corrected chi connectivity index (χ4v) is 3.54. The van der Waals surface area contributed by atoms with E-state index in [1.807, 2.05) is 18.2 Å². The van der Waals surface area contributed by atoms with Crippen molar-refractivity contribution in [1.82, 2.24) is 14.9 Å². The quantitative estimate of drug-likeness (QED) is 0.781. The maximum absolute atomic E-state index is 6.58. The van der Waals surface area contributed by atoms with Gasteiger partial charge in [-0.05, 0) is 44.5 Å². The SMILES string of the molecule is Cc1cccc(C(OC2CCN(C)CC2)c2nc3ccccc3[nH]2)c1. The highest BCUT2D eigenvalue weighted by Gasteiger charge is 2.25. The van der Waals surface area contributed by atoms with Crippen molar-refractivity contribution in [1.29, 1.82) is 0 Å². The number of hydrogen-bond donors (Lipinski definition) is 1. The zero-order valence-corrected chi connectivity index (χ0v) is 14.9. The molecule has 1 saturated heterocycles. The molecule has 0 aliphatic carbocycles. The van der Waals surface area contributed by atoms with Gasteiger partial charge in [0.05, 0.1) is 17.1 Å². The molecule has 2 heterocycles. The van der Waals surface area contributed by atoms with E-state index in [9.17, 15) is 0 Å². The van der Waals surface area contributed by atoms with Crippen LogP contribution in [0.5, 0.6) is 0 Å². The molecule has 1 aliphatic rings. The molecule has 4 nitrogen and oxygen atoms in total. The predicted molar refractivity (Wildman–Crippen MR) is 101 cm³/mol. The van der Waals surface area contributed by atoms with Gasteiger partial charge < -0.3 is 14.6 Å². The molecule has 0 saturated carbocycles. The lowest BCUT2D eigenvalue weighted by molar-refractivity contribution is -0.0264. The number of nitrogens with zero attached hydrogens (tertiary/aromatic N) is 2. The average Bonchev–Trinajstić information content (AvgIpc) is 3.05. The molecule has 0 amide bonds. The van der Waals surface area contributed by atoms with E-state index in [4.69, 9.17) is 9.72 Å². The van der Waals surface area contributed by atoms with Gasteiger partial charge in [-0.3, -0.25) is 0 Å². The van der Waals surface area contributed by atoms with Crippen molar-refractivity contribution in [2.75, 3.05) is 20.1 Å². The minimum atomic E-state index is -0.152. The molecule has 1 fully saturated rings. The van der Waals surface area contributed by atoms with Crippen LogP contribution in [0.3, 0.4) is 0 Å². The number of likely N-dealkylation sites (tertiary alicyclic amines) is 1. The van der Waals surface area contributed by atoms with Gasteiger partial charge in [-0.15, -0.1) is 0 Å². The molecule has 1 unspecified atom stereocenters. The van der Waals surface area contributed by atoms with Crippen molar-refractivity contribution >= 4 is 11.0 Å². The van der Waals surface area contributed by atoms with Crippen LogP contribution in [0.15, 0.2) is 48.5 Å². The van der Waals surface area contributed by atoms with Gasteiger partial charge in [0.1, 0.15) is 11.9 Å². The predicted octanol–water partition coefficient (Wildman–Crippen LogP) is 4.07. The monoisotopic (exact) mass is 335 g/mol. The maximum atomic E-state index is 6.58. The van der Waals surface area contributed by atoms with Crippen LogP contribution in [-0.2, 0) is 4.74 Å². The molecule has 0 spiro atoms. The molecule has 1 N–H and O–H groups in total. The Balaban J connectivity index is 1.67. The van der Waals surface area contributed by atoms with Crippen LogP contribution in [0.1, 0.15) is 35.9 Å². The summed E-state index contributed by atoms with van der Waals surface area (Å²) in [5, 5.41) is 0. The van der Waals surface area contributed by atoms with Crippen molar-refractivity contribution in [3.05, 3.63) is 65.5 Å². The van der Waals surface area contributed by atoms with Gasteiger partial charge in [0.25, 0.3) is 0 Å². The van der Waals surface area contributed by atoms with E-state index in [1.165, 1.54) is 5.56 Å². The highest BCUT2D eigenvalue weighted by atomic mass is 16.5. The second kappa shape index (κ2) is 6.98. The second-order valence-electron chi connectivity index (χ2n) is 7.07. The third kappa shape index (κ3) is 3.60. The van der Waals surface area contributed by atoms with Crippen LogP contribution in [0.4, 0.5) is 0 Å². The number of hydrogen-bond acceptors (Lipinski definition) is 3. The van der Waals surface area contributed by atoms with E-state index in [0.717, 1.165) is 48.4 Å². The van der Waals surface area contributed by atoms with Crippen LogP contribution < -0.4 is 0 Å². The first-order valence-corrected chi connectivity index (χ1v) is 9.04. The highest BCUT2D eigenvalue weighted by Crippen LogP contribution is 2.30. The Kier molecular flexibility index (Phi) is 4.55. The Morgan fingerprint density at radius 2 is 1.92 bits per heavy atom. The van der Waals surface area contributed by atoms with Crippen molar-refractivity contribution in [2.45, 2.75) is 32.0 Å². The number of para-hydroxylation sites is 2. The summed E-state index contributed by atoms with van der Waals surface area (Å²) in [7, 11) is 2.17. The van der Waals surface area contributed by atoms with E-state index in [0.29, 0.717) is 0 Å². The summed E-state index contributed by atoms with van der Waals surface area (Å²) >= 11 is 0. The minimum absolute atomic E-state index is 0.152. The van der Waals surface area contributed by atoms with Crippen LogP contribution in [0, 0.1) is 6.92 Å². The number of benzene rings is 2. The third-order valence-electron chi connectivity index (χ3n) is 5.00. The Morgan fingerprint density at radius 1 is 1.12 bits per heavy atom. The number of imidazole rings is 1.